The highest BCUT2D eigenvalue weighted by molar-refractivity contribution is 5.72. The van der Waals surface area contributed by atoms with E-state index in [1.165, 1.54) is 6.92 Å². The number of anilines is 1. The Kier molecular flexibility index (Phi) is 4.27. The monoisotopic (exact) mass is 266 g/mol. The highest BCUT2D eigenvalue weighted by Gasteiger charge is 2.22. The van der Waals surface area contributed by atoms with Crippen molar-refractivity contribution in [3.8, 4) is 0 Å². The van der Waals surface area contributed by atoms with Crippen LogP contribution in [0, 0.1) is 20.2 Å². The van der Waals surface area contributed by atoms with E-state index in [2.05, 4.69) is 0 Å². The SMILES string of the molecule is CC(=CC=O)N(N)c1ccc([N+](=O)[O-])cc1[N+](=O)[O-]. The lowest BCUT2D eigenvalue weighted by Crippen LogP contribution is -2.29. The fourth-order valence-electron chi connectivity index (χ4n) is 1.34. The summed E-state index contributed by atoms with van der Waals surface area (Å²) in [6.07, 6.45) is 1.59. The van der Waals surface area contributed by atoms with Crippen molar-refractivity contribution in [1.29, 1.82) is 0 Å². The van der Waals surface area contributed by atoms with Crippen LogP contribution in [0.3, 0.4) is 0 Å². The Morgan fingerprint density at radius 2 is 1.95 bits per heavy atom. The van der Waals surface area contributed by atoms with Gasteiger partial charge in [0.15, 0.2) is 0 Å². The van der Waals surface area contributed by atoms with Gasteiger partial charge in [-0.05, 0) is 19.1 Å². The number of non-ortho nitro benzene ring substituents is 1. The van der Waals surface area contributed by atoms with Crippen molar-refractivity contribution in [2.24, 2.45) is 5.84 Å². The molecule has 9 nitrogen and oxygen atoms in total. The van der Waals surface area contributed by atoms with Crippen LogP contribution in [0.2, 0.25) is 0 Å². The fourth-order valence-corrected chi connectivity index (χ4v) is 1.34. The van der Waals surface area contributed by atoms with Crippen LogP contribution in [0.25, 0.3) is 0 Å². The molecule has 0 aliphatic rings. The van der Waals surface area contributed by atoms with Crippen LogP contribution < -0.4 is 10.9 Å². The van der Waals surface area contributed by atoms with Gasteiger partial charge in [0.2, 0.25) is 0 Å². The van der Waals surface area contributed by atoms with E-state index in [9.17, 15) is 25.0 Å². The van der Waals surface area contributed by atoms with E-state index < -0.39 is 21.2 Å². The highest BCUT2D eigenvalue weighted by atomic mass is 16.6. The summed E-state index contributed by atoms with van der Waals surface area (Å²) in [6.45, 7) is 1.47. The zero-order valence-electron chi connectivity index (χ0n) is 9.85. The van der Waals surface area contributed by atoms with Crippen molar-refractivity contribution in [3.63, 3.8) is 0 Å². The molecule has 0 amide bonds. The molecule has 0 fully saturated rings. The Balaban J connectivity index is 3.35. The van der Waals surface area contributed by atoms with Crippen LogP contribution in [-0.2, 0) is 4.79 Å². The van der Waals surface area contributed by atoms with Gasteiger partial charge in [0.25, 0.3) is 5.69 Å². The predicted molar refractivity (Wildman–Crippen MR) is 66.2 cm³/mol. The number of nitrogens with two attached hydrogens (primary N) is 1. The molecule has 1 rings (SSSR count). The van der Waals surface area contributed by atoms with E-state index in [1.807, 2.05) is 0 Å². The van der Waals surface area contributed by atoms with Crippen molar-refractivity contribution in [2.45, 2.75) is 6.92 Å². The highest BCUT2D eigenvalue weighted by Crippen LogP contribution is 2.31. The topological polar surface area (TPSA) is 133 Å². The molecule has 0 unspecified atom stereocenters. The molecule has 9 heteroatoms. The summed E-state index contributed by atoms with van der Waals surface area (Å²) < 4.78 is 0. The van der Waals surface area contributed by atoms with E-state index in [4.69, 9.17) is 5.84 Å². The Hall–Kier alpha value is -2.81. The van der Waals surface area contributed by atoms with Crippen LogP contribution in [0.1, 0.15) is 6.92 Å². The van der Waals surface area contributed by atoms with Crippen LogP contribution >= 0.6 is 0 Å². The average Bonchev–Trinajstić information content (AvgIpc) is 2.37. The molecule has 0 saturated heterocycles. The molecule has 100 valence electrons. The van der Waals surface area contributed by atoms with Crippen molar-refractivity contribution in [2.75, 3.05) is 5.01 Å². The summed E-state index contributed by atoms with van der Waals surface area (Å²) >= 11 is 0. The molecule has 0 heterocycles. The number of nitrogens with zero attached hydrogens (tertiary/aromatic N) is 3. The normalized spacial score (nSPS) is 10.9. The van der Waals surface area contributed by atoms with Gasteiger partial charge in [-0.15, -0.1) is 0 Å². The quantitative estimate of drug-likeness (QED) is 0.279. The summed E-state index contributed by atoms with van der Waals surface area (Å²) in [5.74, 6) is 5.62. The number of nitro groups is 2. The van der Waals surface area contributed by atoms with Crippen LogP contribution in [0.15, 0.2) is 30.0 Å². The lowest BCUT2D eigenvalue weighted by molar-refractivity contribution is -0.393. The first-order valence-corrected chi connectivity index (χ1v) is 4.98. The van der Waals surface area contributed by atoms with Gasteiger partial charge in [-0.25, -0.2) is 5.84 Å². The summed E-state index contributed by atoms with van der Waals surface area (Å²) in [7, 11) is 0. The third-order valence-electron chi connectivity index (χ3n) is 2.32. The summed E-state index contributed by atoms with van der Waals surface area (Å²) in [6, 6.07) is 3.05. The number of hydrogen-bond acceptors (Lipinski definition) is 7. The lowest BCUT2D eigenvalue weighted by Gasteiger charge is -2.18. The largest absolute Gasteiger partial charge is 0.301 e. The van der Waals surface area contributed by atoms with Gasteiger partial charge in [0.05, 0.1) is 15.9 Å². The second-order valence-corrected chi connectivity index (χ2v) is 3.50. The van der Waals surface area contributed by atoms with Gasteiger partial charge in [0.1, 0.15) is 12.0 Å². The first-order valence-electron chi connectivity index (χ1n) is 4.98. The van der Waals surface area contributed by atoms with E-state index >= 15 is 0 Å². The third kappa shape index (κ3) is 3.10. The molecule has 1 aromatic carbocycles. The van der Waals surface area contributed by atoms with Crippen LogP contribution in [-0.4, -0.2) is 16.1 Å². The number of benzene rings is 1. The number of nitro benzene ring substituents is 2. The molecular weight excluding hydrogens is 256 g/mol. The minimum atomic E-state index is -0.781. The zero-order chi connectivity index (χ0) is 14.6. The van der Waals surface area contributed by atoms with Gasteiger partial charge in [-0.2, -0.15) is 0 Å². The van der Waals surface area contributed by atoms with E-state index in [0.717, 1.165) is 29.3 Å². The second-order valence-electron chi connectivity index (χ2n) is 3.50. The van der Waals surface area contributed by atoms with E-state index in [-0.39, 0.29) is 11.4 Å². The molecule has 1 aromatic rings. The van der Waals surface area contributed by atoms with E-state index in [0.29, 0.717) is 6.29 Å². The van der Waals surface area contributed by atoms with Crippen LogP contribution in [0.5, 0.6) is 0 Å². The number of rotatable bonds is 5. The number of aldehydes is 1. The zero-order valence-corrected chi connectivity index (χ0v) is 9.85. The molecule has 19 heavy (non-hydrogen) atoms. The molecule has 0 bridgehead atoms. The summed E-state index contributed by atoms with van der Waals surface area (Å²) in [5.41, 5.74) is -0.727. The van der Waals surface area contributed by atoms with Gasteiger partial charge >= 0.3 is 5.69 Å². The maximum absolute atomic E-state index is 10.9. The number of carbonyl (C=O) groups is 1. The van der Waals surface area contributed by atoms with Crippen LogP contribution in [0.4, 0.5) is 17.1 Å². The number of hydrazine groups is 1. The summed E-state index contributed by atoms with van der Waals surface area (Å²) in [4.78, 5) is 30.3. The van der Waals surface area contributed by atoms with Gasteiger partial charge < -0.3 is 0 Å². The smallest absolute Gasteiger partial charge is 0.298 e. The first kappa shape index (κ1) is 14.3. The number of carbonyl (C=O) groups excluding carboxylic acids is 1. The lowest BCUT2D eigenvalue weighted by atomic mass is 10.2. The summed E-state index contributed by atoms with van der Waals surface area (Å²) in [5, 5.41) is 22.4. The Labute approximate surface area is 107 Å². The number of allylic oxidation sites excluding steroid dienone is 2. The minimum absolute atomic E-state index is 0.0498. The second kappa shape index (κ2) is 5.69. The van der Waals surface area contributed by atoms with Crippen molar-refractivity contribution in [3.05, 3.63) is 50.2 Å². The Bertz CT molecular complexity index is 569. The van der Waals surface area contributed by atoms with Crippen molar-refractivity contribution < 1.29 is 14.6 Å². The number of hydrogen-bond donors (Lipinski definition) is 1. The Morgan fingerprint density at radius 1 is 1.32 bits per heavy atom. The molecule has 0 saturated carbocycles. The van der Waals surface area contributed by atoms with E-state index in [1.54, 1.807) is 0 Å². The standard InChI is InChI=1S/C10H10N4O5/c1-7(4-5-15)12(11)9-3-2-8(13(16)17)6-10(9)14(18)19/h2-6H,11H2,1H3. The van der Waals surface area contributed by atoms with Gasteiger partial charge in [0, 0.05) is 11.8 Å². The molecule has 0 aliphatic carbocycles. The maximum atomic E-state index is 10.9. The molecule has 0 spiro atoms. The van der Waals surface area contributed by atoms with Gasteiger partial charge in [-0.1, -0.05) is 0 Å². The molecular formula is C10H10N4O5. The van der Waals surface area contributed by atoms with Crippen molar-refractivity contribution >= 4 is 23.3 Å². The fraction of sp³-hybridized carbons (Fsp3) is 0.100. The third-order valence-corrected chi connectivity index (χ3v) is 2.32. The van der Waals surface area contributed by atoms with Crippen molar-refractivity contribution in [1.82, 2.24) is 0 Å². The molecule has 2 N–H and O–H groups in total. The molecule has 0 aromatic heterocycles. The molecule has 0 aliphatic heterocycles. The predicted octanol–water partition coefficient (Wildman–Crippen LogP) is 1.29. The average molecular weight is 266 g/mol. The van der Waals surface area contributed by atoms with Gasteiger partial charge in [-0.3, -0.25) is 30.0 Å². The molecule has 0 radical (unpaired) electrons. The first-order chi connectivity index (χ1) is 8.88. The Morgan fingerprint density at radius 3 is 2.42 bits per heavy atom. The minimum Gasteiger partial charge on any atom is -0.298 e. The maximum Gasteiger partial charge on any atom is 0.301 e. The molecule has 0 atom stereocenters.